The molecule has 0 unspecified atom stereocenters. The molecule has 0 aromatic carbocycles. The summed E-state index contributed by atoms with van der Waals surface area (Å²) in [5.74, 6) is 0. The van der Waals surface area contributed by atoms with Crippen LogP contribution in [0.15, 0.2) is 0 Å². The van der Waals surface area contributed by atoms with Gasteiger partial charge < -0.3 is 0 Å². The average Bonchev–Trinajstić information content (AvgIpc) is 1.59. The molecule has 0 amide bonds. The first kappa shape index (κ1) is 7.56. The van der Waals surface area contributed by atoms with Crippen LogP contribution in [0.1, 0.15) is 0 Å². The van der Waals surface area contributed by atoms with Crippen LogP contribution in [0.2, 0.25) is 0 Å². The highest BCUT2D eigenvalue weighted by atomic mass is 32.3. The van der Waals surface area contributed by atoms with Gasteiger partial charge in [-0.15, -0.1) is 0 Å². The highest BCUT2D eigenvalue weighted by Gasteiger charge is 2.18. The van der Waals surface area contributed by atoms with Crippen molar-refractivity contribution in [3.05, 3.63) is 0 Å². The Balaban J connectivity index is 2.64. The molecule has 1 saturated heterocycles. The third-order valence-corrected chi connectivity index (χ3v) is 7.10. The summed E-state index contributed by atoms with van der Waals surface area (Å²) >= 11 is 0. The zero-order chi connectivity index (χ0) is 6.85. The molecule has 0 atom stereocenters. The van der Waals surface area contributed by atoms with Gasteiger partial charge in [-0.25, -0.2) is 0 Å². The molecule has 0 N–H and O–H groups in total. The van der Waals surface area contributed by atoms with Gasteiger partial charge in [0.25, 0.3) is 0 Å². The molecule has 1 aliphatic rings. The van der Waals surface area contributed by atoms with Gasteiger partial charge in [-0.05, 0) is 0 Å². The Labute approximate surface area is 60.6 Å². The van der Waals surface area contributed by atoms with Gasteiger partial charge in [0.15, 0.2) is 0 Å². The second-order valence-electron chi connectivity index (χ2n) is 1.67. The summed E-state index contributed by atoms with van der Waals surface area (Å²) in [6.45, 7) is 0. The second kappa shape index (κ2) is 3.03. The summed E-state index contributed by atoms with van der Waals surface area (Å²) < 4.78 is 31.8. The lowest BCUT2D eigenvalue weighted by Gasteiger charge is -2.07. The van der Waals surface area contributed by atoms with Crippen LogP contribution in [0.4, 0.5) is 0 Å². The Morgan fingerprint density at radius 2 is 0.889 bits per heavy atom. The van der Waals surface area contributed by atoms with E-state index in [1.807, 2.05) is 0 Å². The largest absolute Gasteiger partial charge is 0.258 e. The molecule has 0 bridgehead atoms. The zero-order valence-electron chi connectivity index (χ0n) is 4.57. The van der Waals surface area contributed by atoms with E-state index in [1.54, 1.807) is 0 Å². The number of rotatable bonds is 0. The zero-order valence-corrected chi connectivity index (χ0v) is 7.02. The summed E-state index contributed by atoms with van der Waals surface area (Å²) in [5, 5.41) is 0.642. The molecule has 0 spiro atoms. The normalized spacial score (nSPS) is 44.7. The maximum atomic E-state index is 10.6. The molecule has 1 rings (SSSR count). The van der Waals surface area contributed by atoms with Crippen molar-refractivity contribution in [1.29, 1.82) is 0 Å². The Hall–Kier alpha value is 0.450. The standard InChI is InChI=1S/C3H6O3S3/c4-7-1-8(5)3-9(6)2-7/h1-3H2. The average molecular weight is 186 g/mol. The van der Waals surface area contributed by atoms with Crippen molar-refractivity contribution < 1.29 is 12.6 Å². The first-order valence-corrected chi connectivity index (χ1v) is 6.70. The van der Waals surface area contributed by atoms with E-state index in [2.05, 4.69) is 0 Å². The van der Waals surface area contributed by atoms with E-state index in [0.717, 1.165) is 0 Å². The van der Waals surface area contributed by atoms with Crippen molar-refractivity contribution in [2.75, 3.05) is 15.3 Å². The van der Waals surface area contributed by atoms with Crippen molar-refractivity contribution >= 4 is 32.4 Å². The van der Waals surface area contributed by atoms with Gasteiger partial charge in [0.1, 0.15) is 15.3 Å². The van der Waals surface area contributed by atoms with Crippen molar-refractivity contribution in [2.45, 2.75) is 0 Å². The molecule has 1 fully saturated rings. The second-order valence-corrected chi connectivity index (χ2v) is 7.14. The Kier molecular flexibility index (Phi) is 2.54. The first-order chi connectivity index (χ1) is 4.18. The molecule has 1 aliphatic heterocycles. The lowest BCUT2D eigenvalue weighted by Crippen LogP contribution is -2.23. The maximum absolute atomic E-state index is 10.6. The smallest absolute Gasteiger partial charge is 0.101 e. The maximum Gasteiger partial charge on any atom is 0.101 e. The fourth-order valence-electron chi connectivity index (χ4n) is 0.542. The summed E-state index contributed by atoms with van der Waals surface area (Å²) in [5.41, 5.74) is 0. The van der Waals surface area contributed by atoms with Crippen molar-refractivity contribution in [2.24, 2.45) is 0 Å². The molecule has 0 radical (unpaired) electrons. The van der Waals surface area contributed by atoms with Crippen LogP contribution in [0, 0.1) is 0 Å². The van der Waals surface area contributed by atoms with Gasteiger partial charge in [0.2, 0.25) is 0 Å². The van der Waals surface area contributed by atoms with Crippen LogP contribution in [-0.2, 0) is 32.4 Å². The molecular weight excluding hydrogens is 180 g/mol. The Morgan fingerprint density at radius 1 is 0.667 bits per heavy atom. The van der Waals surface area contributed by atoms with Crippen LogP contribution < -0.4 is 0 Å². The third-order valence-electron chi connectivity index (χ3n) is 0.789. The van der Waals surface area contributed by atoms with Crippen LogP contribution in [0.3, 0.4) is 0 Å². The lowest BCUT2D eigenvalue weighted by molar-refractivity contribution is 0.675. The van der Waals surface area contributed by atoms with E-state index >= 15 is 0 Å². The van der Waals surface area contributed by atoms with E-state index in [1.165, 1.54) is 0 Å². The van der Waals surface area contributed by atoms with E-state index < -0.39 is 32.4 Å². The molecule has 0 aliphatic carbocycles. The predicted molar refractivity (Wildman–Crippen MR) is 39.0 cm³/mol. The minimum atomic E-state index is -1.10. The van der Waals surface area contributed by atoms with Crippen molar-refractivity contribution in [1.82, 2.24) is 0 Å². The van der Waals surface area contributed by atoms with Gasteiger partial charge >= 0.3 is 0 Å². The lowest BCUT2D eigenvalue weighted by atomic mass is 11.8. The predicted octanol–water partition coefficient (Wildman–Crippen LogP) is -0.881. The molecule has 1 heterocycles. The van der Waals surface area contributed by atoms with Gasteiger partial charge in [-0.3, -0.25) is 12.6 Å². The van der Waals surface area contributed by atoms with Gasteiger partial charge in [0.05, 0.1) is 0 Å². The monoisotopic (exact) mass is 186 g/mol. The molecule has 54 valence electrons. The quantitative estimate of drug-likeness (QED) is 0.493. The van der Waals surface area contributed by atoms with E-state index in [0.29, 0.717) is 0 Å². The van der Waals surface area contributed by atoms with E-state index in [-0.39, 0.29) is 15.3 Å². The molecule has 6 heteroatoms. The van der Waals surface area contributed by atoms with Crippen molar-refractivity contribution in [3.8, 4) is 0 Å². The number of hydrogen-bond acceptors (Lipinski definition) is 3. The minimum absolute atomic E-state index is 0.214. The summed E-state index contributed by atoms with van der Waals surface area (Å²) in [7, 11) is -3.30. The summed E-state index contributed by atoms with van der Waals surface area (Å²) in [6.07, 6.45) is 0. The third kappa shape index (κ3) is 2.27. The topological polar surface area (TPSA) is 51.2 Å². The minimum Gasteiger partial charge on any atom is -0.258 e. The van der Waals surface area contributed by atoms with Crippen LogP contribution in [0.5, 0.6) is 0 Å². The molecule has 0 aromatic rings. The molecule has 3 nitrogen and oxygen atoms in total. The van der Waals surface area contributed by atoms with Gasteiger partial charge in [-0.2, -0.15) is 0 Å². The molecule has 0 saturated carbocycles. The fourth-order valence-corrected chi connectivity index (χ4v) is 6.71. The van der Waals surface area contributed by atoms with Crippen LogP contribution in [-0.4, -0.2) is 27.9 Å². The van der Waals surface area contributed by atoms with Crippen LogP contribution in [0.25, 0.3) is 0 Å². The SMILES string of the molecule is O=S1CS(=O)CS(=O)C1. The Bertz CT molecular complexity index is 141. The molecule has 9 heavy (non-hydrogen) atoms. The highest BCUT2D eigenvalue weighted by molar-refractivity contribution is 8.17. The molecular formula is C3H6O3S3. The summed E-state index contributed by atoms with van der Waals surface area (Å²) in [4.78, 5) is 0. The molecule has 0 aromatic heterocycles. The van der Waals surface area contributed by atoms with Gasteiger partial charge in [-0.1, -0.05) is 0 Å². The van der Waals surface area contributed by atoms with Crippen molar-refractivity contribution in [3.63, 3.8) is 0 Å². The van der Waals surface area contributed by atoms with Gasteiger partial charge in [0, 0.05) is 32.4 Å². The van der Waals surface area contributed by atoms with E-state index in [4.69, 9.17) is 0 Å². The first-order valence-electron chi connectivity index (χ1n) is 2.23. The fraction of sp³-hybridized carbons (Fsp3) is 1.00. The van der Waals surface area contributed by atoms with E-state index in [9.17, 15) is 12.6 Å². The Morgan fingerprint density at radius 3 is 1.11 bits per heavy atom. The van der Waals surface area contributed by atoms with Crippen LogP contribution >= 0.6 is 0 Å². The number of hydrogen-bond donors (Lipinski definition) is 0. The highest BCUT2D eigenvalue weighted by Crippen LogP contribution is 2.02. The summed E-state index contributed by atoms with van der Waals surface area (Å²) in [6, 6.07) is 0.